The van der Waals surface area contributed by atoms with Gasteiger partial charge in [-0.1, -0.05) is 64.8 Å². The highest BCUT2D eigenvalue weighted by molar-refractivity contribution is 5.30. The summed E-state index contributed by atoms with van der Waals surface area (Å²) in [5.41, 5.74) is 4.83. The first-order valence-electron chi connectivity index (χ1n) is 13.3. The summed E-state index contributed by atoms with van der Waals surface area (Å²) >= 11 is 0. The summed E-state index contributed by atoms with van der Waals surface area (Å²) in [6.45, 7) is 19.7. The fourth-order valence-corrected chi connectivity index (χ4v) is 9.20. The fraction of sp³-hybridized carbons (Fsp3) is 0.867. The molecule has 31 heavy (non-hydrogen) atoms. The van der Waals surface area contributed by atoms with Crippen molar-refractivity contribution in [3.8, 4) is 0 Å². The van der Waals surface area contributed by atoms with Gasteiger partial charge >= 0.3 is 0 Å². The largest absolute Gasteiger partial charge is 0.392 e. The number of aliphatic hydroxyl groups is 1. The van der Waals surface area contributed by atoms with Crippen molar-refractivity contribution in [1.82, 2.24) is 0 Å². The predicted octanol–water partition coefficient (Wildman–Crippen LogP) is 8.48. The van der Waals surface area contributed by atoms with Gasteiger partial charge in [0, 0.05) is 5.41 Å². The third-order valence-electron chi connectivity index (χ3n) is 11.6. The molecule has 7 atom stereocenters. The van der Waals surface area contributed by atoms with E-state index in [-0.39, 0.29) is 11.5 Å². The zero-order valence-electron chi connectivity index (χ0n) is 21.9. The van der Waals surface area contributed by atoms with Crippen LogP contribution in [-0.4, -0.2) is 11.2 Å². The predicted molar refractivity (Wildman–Crippen MR) is 133 cm³/mol. The fourth-order valence-electron chi connectivity index (χ4n) is 9.20. The molecule has 0 saturated heterocycles. The van der Waals surface area contributed by atoms with Crippen LogP contribution in [0.1, 0.15) is 120 Å². The Morgan fingerprint density at radius 3 is 2.39 bits per heavy atom. The minimum atomic E-state index is -0.171. The van der Waals surface area contributed by atoms with Gasteiger partial charge in [0.15, 0.2) is 0 Å². The first-order valence-corrected chi connectivity index (χ1v) is 13.3. The molecule has 1 heteroatoms. The van der Waals surface area contributed by atoms with Crippen molar-refractivity contribution < 1.29 is 5.11 Å². The van der Waals surface area contributed by atoms with E-state index in [0.29, 0.717) is 27.6 Å². The number of hydrogen-bond acceptors (Lipinski definition) is 1. The first-order chi connectivity index (χ1) is 14.3. The van der Waals surface area contributed by atoms with E-state index in [1.165, 1.54) is 63.4 Å². The second kappa shape index (κ2) is 7.48. The van der Waals surface area contributed by atoms with Gasteiger partial charge in [0.1, 0.15) is 0 Å². The highest BCUT2D eigenvalue weighted by Crippen LogP contribution is 2.73. The van der Waals surface area contributed by atoms with Gasteiger partial charge in [-0.15, -0.1) is 0 Å². The van der Waals surface area contributed by atoms with E-state index >= 15 is 0 Å². The Kier molecular flexibility index (Phi) is 5.69. The van der Waals surface area contributed by atoms with E-state index in [0.717, 1.165) is 12.3 Å². The van der Waals surface area contributed by atoms with Crippen molar-refractivity contribution in [2.45, 2.75) is 126 Å². The average molecular weight is 427 g/mol. The van der Waals surface area contributed by atoms with Crippen LogP contribution in [0.4, 0.5) is 0 Å². The second-order valence-corrected chi connectivity index (χ2v) is 14.1. The van der Waals surface area contributed by atoms with Crippen molar-refractivity contribution in [3.63, 3.8) is 0 Å². The molecule has 0 aromatic rings. The normalized spacial score (nSPS) is 48.7. The molecule has 1 N–H and O–H groups in total. The van der Waals surface area contributed by atoms with E-state index < -0.39 is 0 Å². The molecule has 0 bridgehead atoms. The first kappa shape index (κ1) is 23.6. The van der Waals surface area contributed by atoms with Gasteiger partial charge < -0.3 is 5.11 Å². The summed E-state index contributed by atoms with van der Waals surface area (Å²) in [5, 5.41) is 10.8. The topological polar surface area (TPSA) is 20.2 Å². The van der Waals surface area contributed by atoms with Crippen LogP contribution in [0.2, 0.25) is 0 Å². The van der Waals surface area contributed by atoms with Gasteiger partial charge in [-0.2, -0.15) is 0 Å². The third-order valence-corrected chi connectivity index (χ3v) is 11.6. The highest BCUT2D eigenvalue weighted by Gasteiger charge is 2.65. The summed E-state index contributed by atoms with van der Waals surface area (Å²) in [5.74, 6) is 1.47. The van der Waals surface area contributed by atoms with Crippen LogP contribution in [0.15, 0.2) is 23.3 Å². The maximum absolute atomic E-state index is 10.8. The van der Waals surface area contributed by atoms with Gasteiger partial charge in [0.2, 0.25) is 0 Å². The molecule has 0 aromatic heterocycles. The van der Waals surface area contributed by atoms with Crippen molar-refractivity contribution in [1.29, 1.82) is 0 Å². The van der Waals surface area contributed by atoms with Gasteiger partial charge in [0.25, 0.3) is 0 Å². The zero-order chi connectivity index (χ0) is 22.9. The highest BCUT2D eigenvalue weighted by atomic mass is 16.3. The molecule has 0 spiro atoms. The molecule has 4 aliphatic rings. The molecule has 0 aliphatic heterocycles. The summed E-state index contributed by atoms with van der Waals surface area (Å²) in [4.78, 5) is 0. The summed E-state index contributed by atoms with van der Waals surface area (Å²) in [6.07, 6.45) is 17.9. The zero-order valence-corrected chi connectivity index (χ0v) is 21.9. The lowest BCUT2D eigenvalue weighted by Crippen LogP contribution is -2.61. The summed E-state index contributed by atoms with van der Waals surface area (Å²) < 4.78 is 0. The quantitative estimate of drug-likeness (QED) is 0.449. The number of hydrogen-bond donors (Lipinski definition) is 1. The van der Waals surface area contributed by atoms with E-state index in [2.05, 4.69) is 67.5 Å². The maximum atomic E-state index is 10.8. The molecule has 3 fully saturated rings. The van der Waals surface area contributed by atoms with E-state index in [1.807, 2.05) is 0 Å². The Balaban J connectivity index is 1.63. The lowest BCUT2D eigenvalue weighted by Gasteiger charge is -2.69. The van der Waals surface area contributed by atoms with Crippen LogP contribution in [-0.2, 0) is 0 Å². The molecule has 0 heterocycles. The molecule has 176 valence electrons. The Labute approximate surface area is 193 Å². The summed E-state index contributed by atoms with van der Waals surface area (Å²) in [6, 6.07) is 0. The molecule has 0 radical (unpaired) electrons. The van der Waals surface area contributed by atoms with E-state index in [9.17, 15) is 5.11 Å². The molecule has 4 aliphatic carbocycles. The molecule has 0 amide bonds. The van der Waals surface area contributed by atoms with Crippen LogP contribution in [0.5, 0.6) is 0 Å². The average Bonchev–Trinajstić information content (AvgIpc) is 2.66. The van der Waals surface area contributed by atoms with Crippen molar-refractivity contribution >= 4 is 0 Å². The number of fused-ring (bicyclic) bond motifs is 5. The lowest BCUT2D eigenvalue weighted by atomic mass is 9.35. The standard InChI is InChI=1S/C30H50O/c1-21(2)10-9-15-27(5)16-19-30(8)24-13-11-22-23(12-14-25(31)26(22,3)4)29(24,7)18-17-28(30,6)20-27/h10-11,23-25,31H,9,12-20H2,1-8H3. The monoisotopic (exact) mass is 426 g/mol. The third kappa shape index (κ3) is 3.51. The molecule has 7 unspecified atom stereocenters. The molecule has 0 aromatic carbocycles. The second-order valence-electron chi connectivity index (χ2n) is 14.1. The van der Waals surface area contributed by atoms with Gasteiger partial charge in [0.05, 0.1) is 6.10 Å². The molecule has 1 nitrogen and oxygen atoms in total. The van der Waals surface area contributed by atoms with Crippen LogP contribution in [0.25, 0.3) is 0 Å². The minimum absolute atomic E-state index is 0.0470. The Morgan fingerprint density at radius 1 is 1.00 bits per heavy atom. The summed E-state index contributed by atoms with van der Waals surface area (Å²) in [7, 11) is 0. The van der Waals surface area contributed by atoms with Gasteiger partial charge in [-0.3, -0.25) is 0 Å². The van der Waals surface area contributed by atoms with Gasteiger partial charge in [-0.05, 0) is 112 Å². The molecule has 4 rings (SSSR count). The molecule has 3 saturated carbocycles. The van der Waals surface area contributed by atoms with Crippen molar-refractivity contribution in [2.24, 2.45) is 38.9 Å². The van der Waals surface area contributed by atoms with Crippen LogP contribution >= 0.6 is 0 Å². The Bertz CT molecular complexity index is 769. The van der Waals surface area contributed by atoms with Crippen LogP contribution in [0, 0.1) is 38.9 Å². The van der Waals surface area contributed by atoms with Crippen LogP contribution in [0.3, 0.4) is 0 Å². The minimum Gasteiger partial charge on any atom is -0.392 e. The van der Waals surface area contributed by atoms with Crippen molar-refractivity contribution in [3.05, 3.63) is 23.3 Å². The van der Waals surface area contributed by atoms with E-state index in [4.69, 9.17) is 0 Å². The molecular weight excluding hydrogens is 376 g/mol. The van der Waals surface area contributed by atoms with E-state index in [1.54, 1.807) is 5.57 Å². The van der Waals surface area contributed by atoms with Gasteiger partial charge in [-0.25, -0.2) is 0 Å². The maximum Gasteiger partial charge on any atom is 0.0628 e. The Morgan fingerprint density at radius 2 is 1.71 bits per heavy atom. The molecular formula is C30H50O. The number of allylic oxidation sites excluding steroid dienone is 3. The van der Waals surface area contributed by atoms with Crippen LogP contribution < -0.4 is 0 Å². The number of aliphatic hydroxyl groups excluding tert-OH is 1. The SMILES string of the molecule is CC(C)=CCCC1(C)CCC2(C)C3CC=C4C(CCC(O)C4(C)C)C3(C)CCC2(C)C1. The lowest BCUT2D eigenvalue weighted by molar-refractivity contribution is -0.183. The van der Waals surface area contributed by atoms with Crippen molar-refractivity contribution in [2.75, 3.05) is 0 Å². The number of rotatable bonds is 3. The smallest absolute Gasteiger partial charge is 0.0628 e. The Hall–Kier alpha value is -0.560.